The van der Waals surface area contributed by atoms with E-state index in [4.69, 9.17) is 0 Å². The predicted molar refractivity (Wildman–Crippen MR) is 61.7 cm³/mol. The highest BCUT2D eigenvalue weighted by atomic mass is 32.2. The lowest BCUT2D eigenvalue weighted by Crippen LogP contribution is -2.39. The second-order valence-corrected chi connectivity index (χ2v) is 6.02. The molecular formula is C11H13FN2O3S. The van der Waals surface area contributed by atoms with Crippen molar-refractivity contribution >= 4 is 16.3 Å². The maximum absolute atomic E-state index is 13.5. The van der Waals surface area contributed by atoms with Crippen LogP contribution in [0.4, 0.5) is 4.39 Å². The summed E-state index contributed by atoms with van der Waals surface area (Å²) in [6.45, 7) is 0.448. The van der Waals surface area contributed by atoms with Crippen LogP contribution in [-0.2, 0) is 14.8 Å². The van der Waals surface area contributed by atoms with Crippen LogP contribution in [0.3, 0.4) is 0 Å². The number of carbonyl (C=O) groups excluding carboxylic acids is 1. The molecule has 0 aliphatic carbocycles. The quantitative estimate of drug-likeness (QED) is 0.764. The fraction of sp³-hybridized carbons (Fsp3) is 0.455. The van der Waals surface area contributed by atoms with Crippen LogP contribution < -0.4 is 0 Å². The number of sulfonamides is 1. The van der Waals surface area contributed by atoms with Crippen LogP contribution >= 0.6 is 0 Å². The Labute approximate surface area is 105 Å². The first-order valence-electron chi connectivity index (χ1n) is 5.61. The molecule has 1 fully saturated rings. The molecule has 1 aromatic rings. The Kier molecular flexibility index (Phi) is 3.72. The third kappa shape index (κ3) is 2.41. The van der Waals surface area contributed by atoms with Crippen molar-refractivity contribution in [1.29, 1.82) is 0 Å². The molecule has 7 heteroatoms. The molecule has 0 N–H and O–H groups in total. The smallest absolute Gasteiger partial charge is 0.263 e. The van der Waals surface area contributed by atoms with E-state index in [2.05, 4.69) is 4.98 Å². The van der Waals surface area contributed by atoms with Gasteiger partial charge in [0, 0.05) is 25.2 Å². The number of carbonyl (C=O) groups is 1. The summed E-state index contributed by atoms with van der Waals surface area (Å²) in [7, 11) is -3.89. The topological polar surface area (TPSA) is 67.3 Å². The number of nitrogens with zero attached hydrogens (tertiary/aromatic N) is 2. The van der Waals surface area contributed by atoms with Gasteiger partial charge in [0.1, 0.15) is 6.29 Å². The van der Waals surface area contributed by atoms with Crippen molar-refractivity contribution in [3.05, 3.63) is 24.1 Å². The van der Waals surface area contributed by atoms with E-state index in [-0.39, 0.29) is 19.0 Å². The van der Waals surface area contributed by atoms with Crippen LogP contribution in [0.2, 0.25) is 0 Å². The molecule has 0 atom stereocenters. The lowest BCUT2D eigenvalue weighted by atomic mass is 10.0. The van der Waals surface area contributed by atoms with Crippen LogP contribution in [0.25, 0.3) is 0 Å². The molecule has 1 aromatic heterocycles. The van der Waals surface area contributed by atoms with Gasteiger partial charge in [-0.2, -0.15) is 4.31 Å². The van der Waals surface area contributed by atoms with Gasteiger partial charge in [0.15, 0.2) is 5.82 Å². The molecular weight excluding hydrogens is 259 g/mol. The Morgan fingerprint density at radius 2 is 2.06 bits per heavy atom. The number of pyridine rings is 1. The summed E-state index contributed by atoms with van der Waals surface area (Å²) in [5.41, 5.74) is 0. The van der Waals surface area contributed by atoms with Crippen LogP contribution in [0, 0.1) is 11.7 Å². The van der Waals surface area contributed by atoms with Crippen molar-refractivity contribution in [2.75, 3.05) is 13.1 Å². The first-order valence-corrected chi connectivity index (χ1v) is 7.05. The molecule has 2 heterocycles. The van der Waals surface area contributed by atoms with Crippen LogP contribution in [0.15, 0.2) is 23.4 Å². The second-order valence-electron chi connectivity index (χ2n) is 4.17. The van der Waals surface area contributed by atoms with Gasteiger partial charge in [-0.25, -0.2) is 17.8 Å². The monoisotopic (exact) mass is 272 g/mol. The van der Waals surface area contributed by atoms with E-state index in [1.165, 1.54) is 16.6 Å². The van der Waals surface area contributed by atoms with Gasteiger partial charge in [-0.05, 0) is 25.0 Å². The van der Waals surface area contributed by atoms with Gasteiger partial charge in [0.05, 0.1) is 0 Å². The number of aldehydes is 1. The maximum atomic E-state index is 13.5. The Hall–Kier alpha value is -1.34. The zero-order chi connectivity index (χ0) is 13.2. The first-order chi connectivity index (χ1) is 8.55. The van der Waals surface area contributed by atoms with E-state index < -0.39 is 20.9 Å². The standard InChI is InChI=1S/C11H13FN2O3S/c12-10-2-1-5-13-11(10)18(16,17)14-6-3-9(8-15)4-7-14/h1-2,5,8-9H,3-4,6-7H2. The molecule has 5 nitrogen and oxygen atoms in total. The van der Waals surface area contributed by atoms with Gasteiger partial charge in [0.2, 0.25) is 5.03 Å². The summed E-state index contributed by atoms with van der Waals surface area (Å²) < 4.78 is 38.9. The number of aromatic nitrogens is 1. The third-order valence-electron chi connectivity index (χ3n) is 3.00. The van der Waals surface area contributed by atoms with E-state index in [9.17, 15) is 17.6 Å². The van der Waals surface area contributed by atoms with E-state index in [1.54, 1.807) is 0 Å². The van der Waals surface area contributed by atoms with Crippen LogP contribution in [0.5, 0.6) is 0 Å². The Balaban J connectivity index is 2.23. The SMILES string of the molecule is O=CC1CCN(S(=O)(=O)c2ncccc2F)CC1. The van der Waals surface area contributed by atoms with Crippen molar-refractivity contribution in [2.24, 2.45) is 5.92 Å². The maximum Gasteiger partial charge on any atom is 0.263 e. The molecule has 0 amide bonds. The Morgan fingerprint density at radius 1 is 1.39 bits per heavy atom. The lowest BCUT2D eigenvalue weighted by molar-refractivity contribution is -0.112. The van der Waals surface area contributed by atoms with Crippen molar-refractivity contribution in [1.82, 2.24) is 9.29 Å². The molecule has 1 saturated heterocycles. The molecule has 1 aliphatic heterocycles. The summed E-state index contributed by atoms with van der Waals surface area (Å²) in [4.78, 5) is 14.2. The second kappa shape index (κ2) is 5.11. The highest BCUT2D eigenvalue weighted by Crippen LogP contribution is 2.22. The van der Waals surface area contributed by atoms with Crippen molar-refractivity contribution in [2.45, 2.75) is 17.9 Å². The van der Waals surface area contributed by atoms with E-state index in [1.807, 2.05) is 0 Å². The molecule has 0 radical (unpaired) electrons. The number of rotatable bonds is 3. The number of piperidine rings is 1. The summed E-state index contributed by atoms with van der Waals surface area (Å²) >= 11 is 0. The fourth-order valence-corrected chi connectivity index (χ4v) is 3.38. The minimum atomic E-state index is -3.89. The summed E-state index contributed by atoms with van der Waals surface area (Å²) in [6.07, 6.45) is 3.02. The average Bonchev–Trinajstić information content (AvgIpc) is 2.39. The molecule has 0 unspecified atom stereocenters. The zero-order valence-electron chi connectivity index (χ0n) is 9.62. The molecule has 0 saturated carbocycles. The number of halogens is 1. The highest BCUT2D eigenvalue weighted by molar-refractivity contribution is 7.89. The summed E-state index contributed by atoms with van der Waals surface area (Å²) in [5, 5.41) is -0.547. The van der Waals surface area contributed by atoms with E-state index in [0.717, 1.165) is 12.4 Å². The molecule has 98 valence electrons. The van der Waals surface area contributed by atoms with Crippen molar-refractivity contribution in [3.8, 4) is 0 Å². The van der Waals surface area contributed by atoms with Gasteiger partial charge in [0.25, 0.3) is 10.0 Å². The number of hydrogen-bond acceptors (Lipinski definition) is 4. The highest BCUT2D eigenvalue weighted by Gasteiger charge is 2.32. The molecule has 18 heavy (non-hydrogen) atoms. The Morgan fingerprint density at radius 3 is 2.61 bits per heavy atom. The molecule has 0 bridgehead atoms. The van der Waals surface area contributed by atoms with Gasteiger partial charge in [-0.1, -0.05) is 0 Å². The summed E-state index contributed by atoms with van der Waals surface area (Å²) in [5.74, 6) is -0.958. The lowest BCUT2D eigenvalue weighted by Gasteiger charge is -2.28. The largest absolute Gasteiger partial charge is 0.303 e. The third-order valence-corrected chi connectivity index (χ3v) is 4.83. The normalized spacial score (nSPS) is 18.7. The minimum Gasteiger partial charge on any atom is -0.303 e. The van der Waals surface area contributed by atoms with E-state index >= 15 is 0 Å². The Bertz CT molecular complexity index is 539. The predicted octanol–water partition coefficient (Wildman–Crippen LogP) is 0.820. The van der Waals surface area contributed by atoms with Crippen LogP contribution in [0.1, 0.15) is 12.8 Å². The molecule has 0 aromatic carbocycles. The first kappa shape index (κ1) is 13.1. The molecule has 1 aliphatic rings. The van der Waals surface area contributed by atoms with E-state index in [0.29, 0.717) is 12.8 Å². The summed E-state index contributed by atoms with van der Waals surface area (Å²) in [6, 6.07) is 2.41. The minimum absolute atomic E-state index is 0.106. The molecule has 2 rings (SSSR count). The van der Waals surface area contributed by atoms with Crippen molar-refractivity contribution < 1.29 is 17.6 Å². The van der Waals surface area contributed by atoms with Gasteiger partial charge >= 0.3 is 0 Å². The van der Waals surface area contributed by atoms with Gasteiger partial charge in [-0.15, -0.1) is 0 Å². The van der Waals surface area contributed by atoms with Crippen LogP contribution in [-0.4, -0.2) is 37.1 Å². The number of hydrogen-bond donors (Lipinski definition) is 0. The molecule has 0 spiro atoms. The van der Waals surface area contributed by atoms with Gasteiger partial charge < -0.3 is 4.79 Å². The zero-order valence-corrected chi connectivity index (χ0v) is 10.4. The van der Waals surface area contributed by atoms with Crippen molar-refractivity contribution in [3.63, 3.8) is 0 Å². The fourth-order valence-electron chi connectivity index (χ4n) is 1.94. The van der Waals surface area contributed by atoms with Gasteiger partial charge in [-0.3, -0.25) is 0 Å². The average molecular weight is 272 g/mol.